The SMILES string of the molecule is O=C(O)N1CCN(C(=O)Nc2ccc(Oc3ccccc3)cc2)CC1. The van der Waals surface area contributed by atoms with Crippen molar-refractivity contribution in [3.8, 4) is 11.5 Å². The molecule has 0 atom stereocenters. The lowest BCUT2D eigenvalue weighted by molar-refractivity contribution is 0.115. The Balaban J connectivity index is 1.53. The molecule has 0 unspecified atom stereocenters. The van der Waals surface area contributed by atoms with Gasteiger partial charge in [-0.2, -0.15) is 0 Å². The molecular formula is C18H19N3O4. The van der Waals surface area contributed by atoms with Gasteiger partial charge in [-0.3, -0.25) is 0 Å². The average Bonchev–Trinajstić information content (AvgIpc) is 2.64. The van der Waals surface area contributed by atoms with Crippen LogP contribution in [0.5, 0.6) is 11.5 Å². The number of nitrogens with one attached hydrogen (secondary N) is 1. The second-order valence-electron chi connectivity index (χ2n) is 5.63. The highest BCUT2D eigenvalue weighted by atomic mass is 16.5. The molecule has 0 spiro atoms. The second kappa shape index (κ2) is 7.57. The van der Waals surface area contributed by atoms with Gasteiger partial charge >= 0.3 is 12.1 Å². The summed E-state index contributed by atoms with van der Waals surface area (Å²) < 4.78 is 5.70. The quantitative estimate of drug-likeness (QED) is 0.897. The maximum absolute atomic E-state index is 12.2. The molecule has 3 rings (SSSR count). The number of hydrogen-bond donors (Lipinski definition) is 2. The number of anilines is 1. The topological polar surface area (TPSA) is 82.1 Å². The van der Waals surface area contributed by atoms with Crippen molar-refractivity contribution in [2.45, 2.75) is 0 Å². The Kier molecular flexibility index (Phi) is 5.03. The normalized spacial score (nSPS) is 14.1. The van der Waals surface area contributed by atoms with E-state index in [-0.39, 0.29) is 6.03 Å². The number of ether oxygens (including phenoxy) is 1. The first-order valence-electron chi connectivity index (χ1n) is 7.98. The van der Waals surface area contributed by atoms with Crippen LogP contribution in [0, 0.1) is 0 Å². The molecule has 2 N–H and O–H groups in total. The van der Waals surface area contributed by atoms with Crippen molar-refractivity contribution in [1.29, 1.82) is 0 Å². The van der Waals surface area contributed by atoms with Crippen LogP contribution in [0.4, 0.5) is 15.3 Å². The van der Waals surface area contributed by atoms with Crippen LogP contribution < -0.4 is 10.1 Å². The highest BCUT2D eigenvalue weighted by molar-refractivity contribution is 5.89. The molecule has 1 aliphatic rings. The molecular weight excluding hydrogens is 322 g/mol. The molecule has 1 fully saturated rings. The molecule has 0 saturated carbocycles. The van der Waals surface area contributed by atoms with Gasteiger partial charge in [-0.15, -0.1) is 0 Å². The summed E-state index contributed by atoms with van der Waals surface area (Å²) in [5, 5.41) is 11.7. The van der Waals surface area contributed by atoms with Crippen molar-refractivity contribution >= 4 is 17.8 Å². The summed E-state index contributed by atoms with van der Waals surface area (Å²) >= 11 is 0. The molecule has 0 radical (unpaired) electrons. The molecule has 0 bridgehead atoms. The molecule has 7 heteroatoms. The Hall–Kier alpha value is -3.22. The maximum Gasteiger partial charge on any atom is 0.407 e. The third-order valence-electron chi connectivity index (χ3n) is 3.92. The molecule has 0 aromatic heterocycles. The average molecular weight is 341 g/mol. The number of rotatable bonds is 3. The molecule has 7 nitrogen and oxygen atoms in total. The summed E-state index contributed by atoms with van der Waals surface area (Å²) in [6, 6.07) is 16.3. The van der Waals surface area contributed by atoms with Crippen LogP contribution in [0.1, 0.15) is 0 Å². The number of carboxylic acid groups (broad SMARTS) is 1. The molecule has 25 heavy (non-hydrogen) atoms. The van der Waals surface area contributed by atoms with E-state index in [0.29, 0.717) is 37.6 Å². The number of benzene rings is 2. The smallest absolute Gasteiger partial charge is 0.407 e. The lowest BCUT2D eigenvalue weighted by Gasteiger charge is -2.33. The van der Waals surface area contributed by atoms with Crippen LogP contribution in [0.25, 0.3) is 0 Å². The predicted octanol–water partition coefficient (Wildman–Crippen LogP) is 3.31. The van der Waals surface area contributed by atoms with E-state index in [1.54, 1.807) is 29.2 Å². The molecule has 1 saturated heterocycles. The van der Waals surface area contributed by atoms with Gasteiger partial charge in [-0.1, -0.05) is 18.2 Å². The fourth-order valence-corrected chi connectivity index (χ4v) is 2.53. The predicted molar refractivity (Wildman–Crippen MR) is 93.1 cm³/mol. The minimum absolute atomic E-state index is 0.234. The number of urea groups is 1. The number of piperazine rings is 1. The van der Waals surface area contributed by atoms with Gasteiger partial charge in [0.05, 0.1) is 0 Å². The van der Waals surface area contributed by atoms with Gasteiger partial charge in [-0.05, 0) is 36.4 Å². The van der Waals surface area contributed by atoms with Gasteiger partial charge in [0.25, 0.3) is 0 Å². The van der Waals surface area contributed by atoms with E-state index >= 15 is 0 Å². The molecule has 2 aromatic rings. The van der Waals surface area contributed by atoms with Crippen LogP contribution in [0.3, 0.4) is 0 Å². The Labute approximate surface area is 145 Å². The number of nitrogens with zero attached hydrogens (tertiary/aromatic N) is 2. The van der Waals surface area contributed by atoms with Crippen LogP contribution in [-0.2, 0) is 0 Å². The van der Waals surface area contributed by atoms with Gasteiger partial charge in [-0.25, -0.2) is 9.59 Å². The van der Waals surface area contributed by atoms with Crippen LogP contribution in [0.15, 0.2) is 54.6 Å². The summed E-state index contributed by atoms with van der Waals surface area (Å²) in [6.07, 6.45) is -0.950. The van der Waals surface area contributed by atoms with Crippen molar-refractivity contribution in [3.05, 3.63) is 54.6 Å². The first-order chi connectivity index (χ1) is 12.1. The molecule has 1 aliphatic heterocycles. The van der Waals surface area contributed by atoms with Crippen molar-refractivity contribution in [1.82, 2.24) is 9.80 Å². The lowest BCUT2D eigenvalue weighted by atomic mass is 10.3. The molecule has 1 heterocycles. The number of para-hydroxylation sites is 1. The molecule has 3 amide bonds. The largest absolute Gasteiger partial charge is 0.465 e. The summed E-state index contributed by atoms with van der Waals surface area (Å²) in [4.78, 5) is 26.0. The fourth-order valence-electron chi connectivity index (χ4n) is 2.53. The number of amides is 3. The van der Waals surface area contributed by atoms with Gasteiger partial charge in [0.1, 0.15) is 11.5 Å². The molecule has 130 valence electrons. The molecule has 0 aliphatic carbocycles. The minimum atomic E-state index is -0.950. The van der Waals surface area contributed by atoms with E-state index in [2.05, 4.69) is 5.32 Å². The van der Waals surface area contributed by atoms with Crippen LogP contribution in [0.2, 0.25) is 0 Å². The van der Waals surface area contributed by atoms with E-state index in [0.717, 1.165) is 5.75 Å². The van der Waals surface area contributed by atoms with Crippen molar-refractivity contribution in [3.63, 3.8) is 0 Å². The zero-order valence-electron chi connectivity index (χ0n) is 13.6. The highest BCUT2D eigenvalue weighted by Crippen LogP contribution is 2.22. The van der Waals surface area contributed by atoms with Gasteiger partial charge in [0, 0.05) is 31.9 Å². The van der Waals surface area contributed by atoms with E-state index in [1.165, 1.54) is 4.90 Å². The standard InChI is InChI=1S/C18H19N3O4/c22-17(20-10-12-21(13-11-20)18(23)24)19-14-6-8-16(9-7-14)25-15-4-2-1-3-5-15/h1-9H,10-13H2,(H,19,22)(H,23,24). The summed E-state index contributed by atoms with van der Waals surface area (Å²) in [7, 11) is 0. The maximum atomic E-state index is 12.2. The Bertz CT molecular complexity index is 726. The minimum Gasteiger partial charge on any atom is -0.465 e. The number of hydrogen-bond acceptors (Lipinski definition) is 3. The van der Waals surface area contributed by atoms with E-state index in [1.807, 2.05) is 30.3 Å². The number of carbonyl (C=O) groups excluding carboxylic acids is 1. The van der Waals surface area contributed by atoms with E-state index in [9.17, 15) is 9.59 Å². The van der Waals surface area contributed by atoms with Crippen molar-refractivity contribution in [2.75, 3.05) is 31.5 Å². The third-order valence-corrected chi connectivity index (χ3v) is 3.92. The van der Waals surface area contributed by atoms with Crippen molar-refractivity contribution < 1.29 is 19.4 Å². The number of carbonyl (C=O) groups is 2. The first-order valence-corrected chi connectivity index (χ1v) is 7.98. The Morgan fingerprint density at radius 2 is 1.40 bits per heavy atom. The highest BCUT2D eigenvalue weighted by Gasteiger charge is 2.23. The second-order valence-corrected chi connectivity index (χ2v) is 5.63. The monoisotopic (exact) mass is 341 g/mol. The fraction of sp³-hybridized carbons (Fsp3) is 0.222. The Morgan fingerprint density at radius 3 is 2.00 bits per heavy atom. The third kappa shape index (κ3) is 4.41. The molecule has 2 aromatic carbocycles. The van der Waals surface area contributed by atoms with E-state index < -0.39 is 6.09 Å². The van der Waals surface area contributed by atoms with Gasteiger partial charge < -0.3 is 25.0 Å². The summed E-state index contributed by atoms with van der Waals surface area (Å²) in [5.74, 6) is 1.43. The van der Waals surface area contributed by atoms with Gasteiger partial charge in [0.2, 0.25) is 0 Å². The zero-order valence-corrected chi connectivity index (χ0v) is 13.6. The lowest BCUT2D eigenvalue weighted by Crippen LogP contribution is -2.51. The summed E-state index contributed by atoms with van der Waals surface area (Å²) in [5.41, 5.74) is 0.658. The zero-order chi connectivity index (χ0) is 17.6. The summed E-state index contributed by atoms with van der Waals surface area (Å²) in [6.45, 7) is 1.42. The van der Waals surface area contributed by atoms with Gasteiger partial charge in [0.15, 0.2) is 0 Å². The first kappa shape index (κ1) is 16.6. The van der Waals surface area contributed by atoms with E-state index in [4.69, 9.17) is 9.84 Å². The van der Waals surface area contributed by atoms with Crippen LogP contribution in [-0.4, -0.2) is 53.2 Å². The Morgan fingerprint density at radius 1 is 0.840 bits per heavy atom. The van der Waals surface area contributed by atoms with Crippen LogP contribution >= 0.6 is 0 Å². The van der Waals surface area contributed by atoms with Crippen molar-refractivity contribution in [2.24, 2.45) is 0 Å².